The van der Waals surface area contributed by atoms with Gasteiger partial charge in [-0.05, 0) is 58.7 Å². The van der Waals surface area contributed by atoms with Crippen LogP contribution in [-0.2, 0) is 4.74 Å². The Morgan fingerprint density at radius 3 is 2.76 bits per heavy atom. The first-order chi connectivity index (χ1) is 8.36. The Morgan fingerprint density at radius 2 is 2.00 bits per heavy atom. The molecule has 2 aliphatic heterocycles. The minimum atomic E-state index is 0.523. The van der Waals surface area contributed by atoms with Crippen molar-refractivity contribution in [2.45, 2.75) is 57.6 Å². The maximum absolute atomic E-state index is 5.94. The molecule has 0 radical (unpaired) electrons. The molecule has 17 heavy (non-hydrogen) atoms. The Labute approximate surface area is 106 Å². The van der Waals surface area contributed by atoms with Crippen LogP contribution in [0.25, 0.3) is 0 Å². The van der Waals surface area contributed by atoms with Crippen LogP contribution in [0, 0.1) is 0 Å². The van der Waals surface area contributed by atoms with E-state index in [9.17, 15) is 0 Å². The minimum Gasteiger partial charge on any atom is -0.378 e. The highest BCUT2D eigenvalue weighted by Gasteiger charge is 2.18. The van der Waals surface area contributed by atoms with Gasteiger partial charge in [-0.25, -0.2) is 0 Å². The highest BCUT2D eigenvalue weighted by atomic mass is 16.5. The number of nitrogens with one attached hydrogen (secondary N) is 1. The largest absolute Gasteiger partial charge is 0.378 e. The monoisotopic (exact) mass is 240 g/mol. The molecule has 1 atom stereocenters. The lowest BCUT2D eigenvalue weighted by Gasteiger charge is -2.33. The third-order valence-corrected chi connectivity index (χ3v) is 4.17. The zero-order chi connectivity index (χ0) is 11.9. The number of piperidine rings is 2. The summed E-state index contributed by atoms with van der Waals surface area (Å²) in [5.74, 6) is 0. The highest BCUT2D eigenvalue weighted by molar-refractivity contribution is 4.73. The van der Waals surface area contributed by atoms with Gasteiger partial charge in [-0.2, -0.15) is 0 Å². The molecule has 0 amide bonds. The molecule has 0 aliphatic carbocycles. The predicted octanol–water partition coefficient (Wildman–Crippen LogP) is 2.02. The standard InChI is InChI=1S/C14H28N2O/c1-13-5-2-3-10-16(13)11-4-12-17-14-6-8-15-9-7-14/h13-15H,2-12H2,1H3. The van der Waals surface area contributed by atoms with E-state index in [2.05, 4.69) is 17.1 Å². The number of rotatable bonds is 5. The second-order valence-corrected chi connectivity index (χ2v) is 5.55. The molecule has 0 aromatic heterocycles. The summed E-state index contributed by atoms with van der Waals surface area (Å²) in [7, 11) is 0. The zero-order valence-electron chi connectivity index (χ0n) is 11.3. The van der Waals surface area contributed by atoms with Gasteiger partial charge in [-0.1, -0.05) is 6.42 Å². The molecule has 100 valence electrons. The third kappa shape index (κ3) is 4.57. The average Bonchev–Trinajstić information content (AvgIpc) is 2.38. The van der Waals surface area contributed by atoms with Crippen molar-refractivity contribution in [3.63, 3.8) is 0 Å². The second-order valence-electron chi connectivity index (χ2n) is 5.55. The molecule has 0 bridgehead atoms. The van der Waals surface area contributed by atoms with Gasteiger partial charge < -0.3 is 15.0 Å². The van der Waals surface area contributed by atoms with Crippen LogP contribution in [-0.4, -0.2) is 49.8 Å². The first-order valence-corrected chi connectivity index (χ1v) is 7.42. The van der Waals surface area contributed by atoms with E-state index in [0.29, 0.717) is 6.10 Å². The summed E-state index contributed by atoms with van der Waals surface area (Å²) in [6.07, 6.45) is 8.31. The topological polar surface area (TPSA) is 24.5 Å². The molecule has 0 saturated carbocycles. The van der Waals surface area contributed by atoms with Crippen LogP contribution >= 0.6 is 0 Å². The molecule has 2 saturated heterocycles. The summed E-state index contributed by atoms with van der Waals surface area (Å²) in [5.41, 5.74) is 0. The molecule has 0 aromatic carbocycles. The van der Waals surface area contributed by atoms with Crippen molar-refractivity contribution in [2.75, 3.05) is 32.8 Å². The van der Waals surface area contributed by atoms with E-state index in [1.807, 2.05) is 0 Å². The van der Waals surface area contributed by atoms with Crippen molar-refractivity contribution in [1.29, 1.82) is 0 Å². The van der Waals surface area contributed by atoms with Crippen LogP contribution < -0.4 is 5.32 Å². The SMILES string of the molecule is CC1CCCCN1CCCOC1CCNCC1. The normalized spacial score (nSPS) is 28.4. The van der Waals surface area contributed by atoms with Crippen LogP contribution in [0.2, 0.25) is 0 Å². The van der Waals surface area contributed by atoms with Crippen molar-refractivity contribution < 1.29 is 4.74 Å². The van der Waals surface area contributed by atoms with Crippen molar-refractivity contribution in [3.05, 3.63) is 0 Å². The quantitative estimate of drug-likeness (QED) is 0.744. The molecule has 3 heteroatoms. The number of hydrogen-bond donors (Lipinski definition) is 1. The molecule has 3 nitrogen and oxygen atoms in total. The van der Waals surface area contributed by atoms with Gasteiger partial charge in [0.25, 0.3) is 0 Å². The minimum absolute atomic E-state index is 0.523. The molecule has 2 aliphatic rings. The molecule has 1 unspecified atom stereocenters. The lowest BCUT2D eigenvalue weighted by atomic mass is 10.0. The first kappa shape index (κ1) is 13.3. The maximum Gasteiger partial charge on any atom is 0.0599 e. The van der Waals surface area contributed by atoms with Crippen LogP contribution in [0.4, 0.5) is 0 Å². The van der Waals surface area contributed by atoms with Gasteiger partial charge in [0.05, 0.1) is 6.10 Å². The van der Waals surface area contributed by atoms with E-state index < -0.39 is 0 Å². The molecule has 2 heterocycles. The van der Waals surface area contributed by atoms with Crippen LogP contribution in [0.1, 0.15) is 45.4 Å². The average molecular weight is 240 g/mol. The Balaban J connectivity index is 1.53. The van der Waals surface area contributed by atoms with Gasteiger partial charge in [0.15, 0.2) is 0 Å². The predicted molar refractivity (Wildman–Crippen MR) is 71.3 cm³/mol. The van der Waals surface area contributed by atoms with Gasteiger partial charge in [-0.15, -0.1) is 0 Å². The third-order valence-electron chi connectivity index (χ3n) is 4.17. The summed E-state index contributed by atoms with van der Waals surface area (Å²) in [6, 6.07) is 0.794. The van der Waals surface area contributed by atoms with Gasteiger partial charge in [0.2, 0.25) is 0 Å². The zero-order valence-corrected chi connectivity index (χ0v) is 11.3. The van der Waals surface area contributed by atoms with E-state index in [4.69, 9.17) is 4.74 Å². The molecular formula is C14H28N2O. The fourth-order valence-electron chi connectivity index (χ4n) is 2.97. The van der Waals surface area contributed by atoms with Gasteiger partial charge in [0.1, 0.15) is 0 Å². The lowest BCUT2D eigenvalue weighted by Crippen LogP contribution is -2.38. The van der Waals surface area contributed by atoms with E-state index >= 15 is 0 Å². The van der Waals surface area contributed by atoms with E-state index in [-0.39, 0.29) is 0 Å². The summed E-state index contributed by atoms with van der Waals surface area (Å²) in [4.78, 5) is 2.63. The fourth-order valence-corrected chi connectivity index (χ4v) is 2.97. The van der Waals surface area contributed by atoms with Crippen LogP contribution in [0.3, 0.4) is 0 Å². The highest BCUT2D eigenvalue weighted by Crippen LogP contribution is 2.16. The molecule has 2 rings (SSSR count). The first-order valence-electron chi connectivity index (χ1n) is 7.42. The van der Waals surface area contributed by atoms with Crippen LogP contribution in [0.5, 0.6) is 0 Å². The smallest absolute Gasteiger partial charge is 0.0599 e. The number of nitrogens with zero attached hydrogens (tertiary/aromatic N) is 1. The molecular weight excluding hydrogens is 212 g/mol. The second kappa shape index (κ2) is 7.34. The molecule has 0 aromatic rings. The maximum atomic E-state index is 5.94. The van der Waals surface area contributed by atoms with Crippen molar-refractivity contribution in [2.24, 2.45) is 0 Å². The van der Waals surface area contributed by atoms with Crippen molar-refractivity contribution in [1.82, 2.24) is 10.2 Å². The summed E-state index contributed by atoms with van der Waals surface area (Å²) < 4.78 is 5.94. The molecule has 2 fully saturated rings. The molecule has 0 spiro atoms. The summed E-state index contributed by atoms with van der Waals surface area (Å²) in [6.45, 7) is 8.11. The van der Waals surface area contributed by atoms with Gasteiger partial charge in [-0.3, -0.25) is 0 Å². The Bertz CT molecular complexity index is 204. The van der Waals surface area contributed by atoms with Crippen molar-refractivity contribution >= 4 is 0 Å². The van der Waals surface area contributed by atoms with Gasteiger partial charge in [0, 0.05) is 19.2 Å². The lowest BCUT2D eigenvalue weighted by molar-refractivity contribution is 0.0246. The number of hydrogen-bond acceptors (Lipinski definition) is 3. The fraction of sp³-hybridized carbons (Fsp3) is 1.00. The van der Waals surface area contributed by atoms with Crippen LogP contribution in [0.15, 0.2) is 0 Å². The Kier molecular flexibility index (Phi) is 5.75. The Hall–Kier alpha value is -0.120. The van der Waals surface area contributed by atoms with Gasteiger partial charge >= 0.3 is 0 Å². The van der Waals surface area contributed by atoms with Crippen molar-refractivity contribution in [3.8, 4) is 0 Å². The number of likely N-dealkylation sites (tertiary alicyclic amines) is 1. The summed E-state index contributed by atoms with van der Waals surface area (Å²) in [5, 5.41) is 3.37. The van der Waals surface area contributed by atoms with E-state index in [0.717, 1.165) is 25.7 Å². The Morgan fingerprint density at radius 1 is 1.18 bits per heavy atom. The van der Waals surface area contributed by atoms with E-state index in [1.165, 1.54) is 51.6 Å². The molecule has 1 N–H and O–H groups in total. The number of ether oxygens (including phenoxy) is 1. The summed E-state index contributed by atoms with van der Waals surface area (Å²) >= 11 is 0. The van der Waals surface area contributed by atoms with E-state index in [1.54, 1.807) is 0 Å².